The molecule has 0 atom stereocenters. The zero-order valence-electron chi connectivity index (χ0n) is 9.50. The van der Waals surface area contributed by atoms with Gasteiger partial charge in [0.2, 0.25) is 0 Å². The summed E-state index contributed by atoms with van der Waals surface area (Å²) in [6.07, 6.45) is 0. The van der Waals surface area contributed by atoms with Gasteiger partial charge in [-0.3, -0.25) is 0 Å². The lowest BCUT2D eigenvalue weighted by Crippen LogP contribution is -1.79. The summed E-state index contributed by atoms with van der Waals surface area (Å²) in [6.45, 7) is 0. The van der Waals surface area contributed by atoms with Gasteiger partial charge in [0.15, 0.2) is 0 Å². The van der Waals surface area contributed by atoms with Crippen LogP contribution in [0.1, 0.15) is 0 Å². The van der Waals surface area contributed by atoms with Crippen molar-refractivity contribution in [1.82, 2.24) is 0 Å². The smallest absolute Gasteiger partial charge is 0.364 e. The van der Waals surface area contributed by atoms with Crippen LogP contribution in [-0.2, 0) is 0 Å². The highest BCUT2D eigenvalue weighted by molar-refractivity contribution is 5.80. The van der Waals surface area contributed by atoms with Crippen LogP contribution in [0.25, 0.3) is 22.3 Å². The van der Waals surface area contributed by atoms with Crippen molar-refractivity contribution in [3.05, 3.63) is 54.6 Å². The predicted octanol–water partition coefficient (Wildman–Crippen LogP) is 3.79. The number of benzene rings is 2. The third kappa shape index (κ3) is 1.86. The number of hydrogen-bond donors (Lipinski definition) is 2. The molecule has 0 aliphatic heterocycles. The second-order valence-corrected chi connectivity index (χ2v) is 4.07. The molecular weight excluding hydrogens is 228 g/mol. The molecule has 0 aliphatic carbocycles. The Morgan fingerprint density at radius 2 is 1.39 bits per heavy atom. The Balaban J connectivity index is 2.15. The van der Waals surface area contributed by atoms with Gasteiger partial charge in [-0.1, -0.05) is 0 Å². The van der Waals surface area contributed by atoms with Gasteiger partial charge < -0.3 is 10.2 Å². The van der Waals surface area contributed by atoms with Crippen molar-refractivity contribution < 1.29 is 14.6 Å². The maximum absolute atomic E-state index is 9.44. The summed E-state index contributed by atoms with van der Waals surface area (Å²) in [7, 11) is 0. The second-order valence-electron chi connectivity index (χ2n) is 4.07. The molecule has 0 aliphatic rings. The maximum Gasteiger partial charge on any atom is 0.364 e. The summed E-state index contributed by atoms with van der Waals surface area (Å²) < 4.78 is 5.73. The van der Waals surface area contributed by atoms with Crippen molar-refractivity contribution in [2.45, 2.75) is 0 Å². The fourth-order valence-corrected chi connectivity index (χ4v) is 1.85. The molecule has 0 saturated heterocycles. The maximum atomic E-state index is 9.44. The van der Waals surface area contributed by atoms with Gasteiger partial charge in [0.1, 0.15) is 11.5 Å². The third-order valence-electron chi connectivity index (χ3n) is 2.78. The van der Waals surface area contributed by atoms with Crippen LogP contribution in [0, 0.1) is 0 Å². The van der Waals surface area contributed by atoms with Crippen molar-refractivity contribution in [2.75, 3.05) is 0 Å². The Morgan fingerprint density at radius 1 is 0.722 bits per heavy atom. The van der Waals surface area contributed by atoms with Crippen molar-refractivity contribution in [2.24, 2.45) is 0 Å². The summed E-state index contributed by atoms with van der Waals surface area (Å²) in [4.78, 5) is 0. The lowest BCUT2D eigenvalue weighted by molar-refractivity contribution is 0.474. The topological polar surface area (TPSA) is 51.8 Å². The van der Waals surface area contributed by atoms with E-state index in [0.717, 1.165) is 10.9 Å². The molecule has 0 bridgehead atoms. The minimum atomic E-state index is 0.175. The summed E-state index contributed by atoms with van der Waals surface area (Å²) >= 11 is 0. The van der Waals surface area contributed by atoms with Crippen molar-refractivity contribution in [3.8, 4) is 22.8 Å². The first-order chi connectivity index (χ1) is 8.72. The molecule has 1 heterocycles. The molecule has 88 valence electrons. The van der Waals surface area contributed by atoms with Gasteiger partial charge in [0.05, 0.1) is 17.0 Å². The molecule has 0 amide bonds. The van der Waals surface area contributed by atoms with Gasteiger partial charge in [0, 0.05) is 6.07 Å². The van der Waals surface area contributed by atoms with Crippen molar-refractivity contribution in [3.63, 3.8) is 0 Å². The number of aromatic hydroxyl groups is 2. The van der Waals surface area contributed by atoms with Crippen LogP contribution < -0.4 is 0 Å². The minimum absolute atomic E-state index is 0.175. The highest BCUT2D eigenvalue weighted by Crippen LogP contribution is 2.27. The number of fused-ring (bicyclic) bond motifs is 1. The van der Waals surface area contributed by atoms with Crippen LogP contribution in [0.2, 0.25) is 0 Å². The molecule has 3 nitrogen and oxygen atoms in total. The standard InChI is InChI=1S/C15H10O3/c16-12-5-1-10(2-6-12)14-8-4-11-3-7-13(17)9-15(11)18-14/h1-9H,(H-,16,17)/p+1. The first kappa shape index (κ1) is 10.6. The molecule has 3 aromatic rings. The van der Waals surface area contributed by atoms with Gasteiger partial charge in [0.25, 0.3) is 0 Å². The molecule has 0 radical (unpaired) electrons. The lowest BCUT2D eigenvalue weighted by Gasteiger charge is -1.94. The zero-order valence-corrected chi connectivity index (χ0v) is 9.50. The Bertz CT molecular complexity index is 703. The van der Waals surface area contributed by atoms with Gasteiger partial charge >= 0.3 is 11.3 Å². The molecular formula is C15H11O3+. The Kier molecular flexibility index (Phi) is 2.38. The van der Waals surface area contributed by atoms with E-state index in [2.05, 4.69) is 0 Å². The van der Waals surface area contributed by atoms with Crippen LogP contribution in [0.15, 0.2) is 59.0 Å². The van der Waals surface area contributed by atoms with Gasteiger partial charge in [-0.05, 0) is 42.5 Å². The predicted molar refractivity (Wildman–Crippen MR) is 69.4 cm³/mol. The number of rotatable bonds is 1. The van der Waals surface area contributed by atoms with Gasteiger partial charge in [-0.2, -0.15) is 0 Å². The summed E-state index contributed by atoms with van der Waals surface area (Å²) in [5, 5.41) is 19.6. The molecule has 2 N–H and O–H groups in total. The molecule has 3 heteroatoms. The van der Waals surface area contributed by atoms with E-state index in [1.165, 1.54) is 0 Å². The normalized spacial score (nSPS) is 10.7. The van der Waals surface area contributed by atoms with Crippen LogP contribution in [0.3, 0.4) is 0 Å². The van der Waals surface area contributed by atoms with E-state index in [0.29, 0.717) is 11.3 Å². The quantitative estimate of drug-likeness (QED) is 0.635. The summed E-state index contributed by atoms with van der Waals surface area (Å²) in [5.74, 6) is 1.08. The molecule has 1 aromatic heterocycles. The molecule has 0 fully saturated rings. The largest absolute Gasteiger partial charge is 0.508 e. The average molecular weight is 239 g/mol. The first-order valence-electron chi connectivity index (χ1n) is 5.58. The minimum Gasteiger partial charge on any atom is -0.508 e. The van der Waals surface area contributed by atoms with Crippen LogP contribution in [-0.4, -0.2) is 10.2 Å². The molecule has 0 spiro atoms. The fraction of sp³-hybridized carbons (Fsp3) is 0. The van der Waals surface area contributed by atoms with Crippen LogP contribution >= 0.6 is 0 Å². The number of hydrogen-bond acceptors (Lipinski definition) is 2. The Hall–Kier alpha value is -2.55. The van der Waals surface area contributed by atoms with E-state index in [1.54, 1.807) is 42.5 Å². The van der Waals surface area contributed by atoms with Gasteiger partial charge in [-0.15, -0.1) is 0 Å². The molecule has 2 aromatic carbocycles. The first-order valence-corrected chi connectivity index (χ1v) is 5.58. The summed E-state index contributed by atoms with van der Waals surface area (Å²) in [6, 6.07) is 15.6. The van der Waals surface area contributed by atoms with E-state index in [4.69, 9.17) is 4.42 Å². The molecule has 18 heavy (non-hydrogen) atoms. The highest BCUT2D eigenvalue weighted by Gasteiger charge is 2.14. The molecule has 3 rings (SSSR count). The van der Waals surface area contributed by atoms with Crippen LogP contribution in [0.5, 0.6) is 11.5 Å². The SMILES string of the molecule is Oc1ccc(-c2ccc3ccc(O)cc3[o+]2)cc1. The zero-order chi connectivity index (χ0) is 12.5. The van der Waals surface area contributed by atoms with E-state index < -0.39 is 0 Å². The van der Waals surface area contributed by atoms with E-state index >= 15 is 0 Å². The summed E-state index contributed by atoms with van der Waals surface area (Å²) in [5.41, 5.74) is 1.50. The third-order valence-corrected chi connectivity index (χ3v) is 2.78. The molecule has 0 unspecified atom stereocenters. The number of phenols is 2. The molecule has 0 saturated carbocycles. The highest BCUT2D eigenvalue weighted by atomic mass is 16.3. The Labute approximate surface area is 104 Å². The monoisotopic (exact) mass is 239 g/mol. The Morgan fingerprint density at radius 3 is 2.17 bits per heavy atom. The van der Waals surface area contributed by atoms with Crippen LogP contribution in [0.4, 0.5) is 0 Å². The van der Waals surface area contributed by atoms with E-state index in [-0.39, 0.29) is 11.5 Å². The number of phenolic OH excluding ortho intramolecular Hbond substituents is 2. The second kappa shape index (κ2) is 4.04. The van der Waals surface area contributed by atoms with Crippen molar-refractivity contribution >= 4 is 11.0 Å². The van der Waals surface area contributed by atoms with E-state index in [9.17, 15) is 10.2 Å². The van der Waals surface area contributed by atoms with E-state index in [1.807, 2.05) is 12.1 Å². The fourth-order valence-electron chi connectivity index (χ4n) is 1.85. The van der Waals surface area contributed by atoms with Gasteiger partial charge in [-0.25, -0.2) is 4.42 Å². The van der Waals surface area contributed by atoms with Crippen molar-refractivity contribution in [1.29, 1.82) is 0 Å². The lowest BCUT2D eigenvalue weighted by atomic mass is 10.1. The average Bonchev–Trinajstić information content (AvgIpc) is 2.38.